The first-order valence-corrected chi connectivity index (χ1v) is 9.22. The Morgan fingerprint density at radius 2 is 2.14 bits per heavy atom. The van der Waals surface area contributed by atoms with E-state index in [0.29, 0.717) is 0 Å². The van der Waals surface area contributed by atoms with Crippen molar-refractivity contribution < 1.29 is 0 Å². The summed E-state index contributed by atoms with van der Waals surface area (Å²) in [5.41, 5.74) is 1.28. The molecule has 0 amide bonds. The summed E-state index contributed by atoms with van der Waals surface area (Å²) in [5.74, 6) is 2.38. The van der Waals surface area contributed by atoms with Crippen molar-refractivity contribution in [3.05, 3.63) is 23.5 Å². The second-order valence-corrected chi connectivity index (χ2v) is 7.76. The van der Waals surface area contributed by atoms with Gasteiger partial charge in [0.2, 0.25) is 0 Å². The SMILES string of the molecule is CC(C)CNCC1CCCCC1Cc1cn2ccsc2n1. The zero-order valence-corrected chi connectivity index (χ0v) is 14.0. The van der Waals surface area contributed by atoms with Crippen LogP contribution in [0.2, 0.25) is 0 Å². The maximum Gasteiger partial charge on any atom is 0.193 e. The molecule has 1 saturated carbocycles. The molecule has 0 radical (unpaired) electrons. The van der Waals surface area contributed by atoms with Gasteiger partial charge in [0.05, 0.1) is 5.69 Å². The molecule has 3 nitrogen and oxygen atoms in total. The zero-order chi connectivity index (χ0) is 14.7. The summed E-state index contributed by atoms with van der Waals surface area (Å²) in [6, 6.07) is 0. The van der Waals surface area contributed by atoms with Crippen LogP contribution in [0.5, 0.6) is 0 Å². The van der Waals surface area contributed by atoms with Crippen LogP contribution in [-0.2, 0) is 6.42 Å². The number of rotatable bonds is 6. The Kier molecular flexibility index (Phi) is 4.96. The highest BCUT2D eigenvalue weighted by molar-refractivity contribution is 7.15. The molecule has 0 bridgehead atoms. The van der Waals surface area contributed by atoms with Crippen LogP contribution in [0.4, 0.5) is 0 Å². The van der Waals surface area contributed by atoms with Crippen LogP contribution in [0.25, 0.3) is 4.96 Å². The summed E-state index contributed by atoms with van der Waals surface area (Å²) in [6.07, 6.45) is 11.0. The molecule has 2 unspecified atom stereocenters. The van der Waals surface area contributed by atoms with Crippen LogP contribution in [0, 0.1) is 17.8 Å². The monoisotopic (exact) mass is 305 g/mol. The van der Waals surface area contributed by atoms with E-state index in [1.165, 1.54) is 37.9 Å². The molecule has 21 heavy (non-hydrogen) atoms. The zero-order valence-electron chi connectivity index (χ0n) is 13.2. The van der Waals surface area contributed by atoms with Gasteiger partial charge in [-0.1, -0.05) is 26.7 Å². The summed E-state index contributed by atoms with van der Waals surface area (Å²) in [7, 11) is 0. The minimum atomic E-state index is 0.743. The lowest BCUT2D eigenvalue weighted by Crippen LogP contribution is -2.33. The summed E-state index contributed by atoms with van der Waals surface area (Å²) in [5, 5.41) is 5.77. The molecule has 2 atom stereocenters. The second kappa shape index (κ2) is 6.93. The molecule has 0 aliphatic heterocycles. The van der Waals surface area contributed by atoms with Gasteiger partial charge in [0, 0.05) is 17.8 Å². The molecule has 1 N–H and O–H groups in total. The van der Waals surface area contributed by atoms with Crippen LogP contribution >= 0.6 is 11.3 Å². The van der Waals surface area contributed by atoms with Gasteiger partial charge in [-0.05, 0) is 50.1 Å². The van der Waals surface area contributed by atoms with Gasteiger partial charge in [0.1, 0.15) is 0 Å². The molecule has 116 valence electrons. The fourth-order valence-electron chi connectivity index (χ4n) is 3.52. The van der Waals surface area contributed by atoms with Crippen molar-refractivity contribution in [2.45, 2.75) is 46.0 Å². The van der Waals surface area contributed by atoms with Gasteiger partial charge in [-0.2, -0.15) is 0 Å². The van der Waals surface area contributed by atoms with Gasteiger partial charge in [0.25, 0.3) is 0 Å². The number of imidazole rings is 1. The fourth-order valence-corrected chi connectivity index (χ4v) is 4.24. The van der Waals surface area contributed by atoms with Gasteiger partial charge in [-0.25, -0.2) is 4.98 Å². The molecule has 0 saturated heterocycles. The average molecular weight is 305 g/mol. The first-order chi connectivity index (χ1) is 10.2. The van der Waals surface area contributed by atoms with E-state index in [-0.39, 0.29) is 0 Å². The van der Waals surface area contributed by atoms with Crippen molar-refractivity contribution >= 4 is 16.3 Å². The molecule has 0 spiro atoms. The number of aromatic nitrogens is 2. The molecule has 1 aliphatic carbocycles. The van der Waals surface area contributed by atoms with E-state index in [0.717, 1.165) is 35.7 Å². The third-order valence-electron chi connectivity index (χ3n) is 4.64. The van der Waals surface area contributed by atoms with E-state index >= 15 is 0 Å². The molecule has 1 aliphatic rings. The maximum atomic E-state index is 4.77. The lowest BCUT2D eigenvalue weighted by Gasteiger charge is -2.31. The van der Waals surface area contributed by atoms with E-state index in [9.17, 15) is 0 Å². The highest BCUT2D eigenvalue weighted by atomic mass is 32.1. The number of hydrogen-bond donors (Lipinski definition) is 1. The molecule has 2 aromatic rings. The number of fused-ring (bicyclic) bond motifs is 1. The quantitative estimate of drug-likeness (QED) is 0.874. The minimum absolute atomic E-state index is 0.743. The number of hydrogen-bond acceptors (Lipinski definition) is 3. The molecular weight excluding hydrogens is 278 g/mol. The van der Waals surface area contributed by atoms with Crippen LogP contribution in [0.3, 0.4) is 0 Å². The van der Waals surface area contributed by atoms with Crippen molar-refractivity contribution in [2.75, 3.05) is 13.1 Å². The first kappa shape index (κ1) is 15.0. The van der Waals surface area contributed by atoms with E-state index in [4.69, 9.17) is 4.98 Å². The summed E-state index contributed by atoms with van der Waals surface area (Å²) >= 11 is 1.73. The van der Waals surface area contributed by atoms with Crippen LogP contribution in [0.1, 0.15) is 45.2 Å². The largest absolute Gasteiger partial charge is 0.316 e. The normalized spacial score (nSPS) is 23.2. The third-order valence-corrected chi connectivity index (χ3v) is 5.41. The van der Waals surface area contributed by atoms with Crippen molar-refractivity contribution in [2.24, 2.45) is 17.8 Å². The minimum Gasteiger partial charge on any atom is -0.316 e. The molecule has 1 fully saturated rings. The average Bonchev–Trinajstić information content (AvgIpc) is 3.01. The second-order valence-electron chi connectivity index (χ2n) is 6.89. The number of thiazole rings is 1. The highest BCUT2D eigenvalue weighted by Crippen LogP contribution is 2.32. The van der Waals surface area contributed by atoms with Gasteiger partial charge >= 0.3 is 0 Å². The Labute approximate surface area is 131 Å². The Morgan fingerprint density at radius 3 is 2.90 bits per heavy atom. The summed E-state index contributed by atoms with van der Waals surface area (Å²) in [4.78, 5) is 5.91. The van der Waals surface area contributed by atoms with E-state index < -0.39 is 0 Å². The topological polar surface area (TPSA) is 29.3 Å². The molecule has 0 aromatic carbocycles. The third kappa shape index (κ3) is 3.86. The van der Waals surface area contributed by atoms with E-state index in [1.807, 2.05) is 0 Å². The first-order valence-electron chi connectivity index (χ1n) is 8.34. The fraction of sp³-hybridized carbons (Fsp3) is 0.706. The van der Waals surface area contributed by atoms with Gasteiger partial charge in [-0.3, -0.25) is 4.40 Å². The molecule has 4 heteroatoms. The van der Waals surface area contributed by atoms with Gasteiger partial charge in [0.15, 0.2) is 4.96 Å². The van der Waals surface area contributed by atoms with Crippen molar-refractivity contribution in [3.8, 4) is 0 Å². The van der Waals surface area contributed by atoms with Crippen molar-refractivity contribution in [1.29, 1.82) is 0 Å². The van der Waals surface area contributed by atoms with Crippen LogP contribution in [-0.4, -0.2) is 22.5 Å². The van der Waals surface area contributed by atoms with Crippen LogP contribution in [0.15, 0.2) is 17.8 Å². The van der Waals surface area contributed by atoms with E-state index in [1.54, 1.807) is 11.3 Å². The van der Waals surface area contributed by atoms with Crippen molar-refractivity contribution in [3.63, 3.8) is 0 Å². The molecule has 3 rings (SSSR count). The predicted molar refractivity (Wildman–Crippen MR) is 89.9 cm³/mol. The predicted octanol–water partition coefficient (Wildman–Crippen LogP) is 3.99. The molecule has 2 heterocycles. The number of nitrogens with one attached hydrogen (secondary N) is 1. The van der Waals surface area contributed by atoms with Gasteiger partial charge in [-0.15, -0.1) is 11.3 Å². The number of nitrogens with zero attached hydrogens (tertiary/aromatic N) is 2. The lowest BCUT2D eigenvalue weighted by atomic mass is 9.77. The Balaban J connectivity index is 1.59. The Morgan fingerprint density at radius 1 is 1.33 bits per heavy atom. The molecular formula is C17H27N3S. The summed E-state index contributed by atoms with van der Waals surface area (Å²) in [6.45, 7) is 6.89. The van der Waals surface area contributed by atoms with Crippen molar-refractivity contribution in [1.82, 2.24) is 14.7 Å². The van der Waals surface area contributed by atoms with Gasteiger partial charge < -0.3 is 5.32 Å². The standard InChI is InChI=1S/C17H27N3S/c1-13(2)10-18-11-15-6-4-3-5-14(15)9-16-12-20-7-8-21-17(20)19-16/h7-8,12-15,18H,3-6,9-11H2,1-2H3. The maximum absolute atomic E-state index is 4.77. The molecule has 2 aromatic heterocycles. The van der Waals surface area contributed by atoms with E-state index in [2.05, 4.69) is 41.3 Å². The van der Waals surface area contributed by atoms with Crippen LogP contribution < -0.4 is 5.32 Å². The highest BCUT2D eigenvalue weighted by Gasteiger charge is 2.25. The smallest absolute Gasteiger partial charge is 0.193 e. The Bertz CT molecular complexity index is 529. The summed E-state index contributed by atoms with van der Waals surface area (Å²) < 4.78 is 2.16. The Hall–Kier alpha value is -0.870. The lowest BCUT2D eigenvalue weighted by molar-refractivity contribution is 0.225.